The third-order valence-corrected chi connectivity index (χ3v) is 7.07. The van der Waals surface area contributed by atoms with E-state index in [2.05, 4.69) is 54.9 Å². The second kappa shape index (κ2) is 10.9. The molecule has 1 heterocycles. The van der Waals surface area contributed by atoms with Crippen LogP contribution in [0.1, 0.15) is 25.8 Å². The summed E-state index contributed by atoms with van der Waals surface area (Å²) in [6, 6.07) is 12.9. The quantitative estimate of drug-likeness (QED) is 0.381. The molecule has 160 valence electrons. The van der Waals surface area contributed by atoms with Gasteiger partial charge in [0.15, 0.2) is 5.13 Å². The van der Waals surface area contributed by atoms with Gasteiger partial charge in [-0.3, -0.25) is 9.69 Å². The fourth-order valence-electron chi connectivity index (χ4n) is 3.14. The molecule has 2 aromatic carbocycles. The van der Waals surface area contributed by atoms with Crippen molar-refractivity contribution >= 4 is 44.4 Å². The highest BCUT2D eigenvalue weighted by molar-refractivity contribution is 7.99. The molecule has 0 unspecified atom stereocenters. The molecule has 0 bridgehead atoms. The standard InChI is InChI=1S/C23H28FN3OS2/c1-4-26(5-2)13-14-27(23-25-20-11-8-18(24)16-21(20)30-23)22(28)12-15-29-19-9-6-17(3)7-10-19/h6-11,16H,4-5,12-15H2,1-3H3. The summed E-state index contributed by atoms with van der Waals surface area (Å²) >= 11 is 3.06. The van der Waals surface area contributed by atoms with E-state index in [-0.39, 0.29) is 11.7 Å². The van der Waals surface area contributed by atoms with Crippen LogP contribution in [-0.4, -0.2) is 47.7 Å². The van der Waals surface area contributed by atoms with Gasteiger partial charge in [0, 0.05) is 30.2 Å². The van der Waals surface area contributed by atoms with Crippen LogP contribution in [0.2, 0.25) is 0 Å². The molecule has 1 aromatic heterocycles. The minimum atomic E-state index is -0.284. The van der Waals surface area contributed by atoms with Gasteiger partial charge in [0.1, 0.15) is 5.82 Å². The van der Waals surface area contributed by atoms with Crippen LogP contribution in [0.25, 0.3) is 10.2 Å². The Kier molecular flexibility index (Phi) is 8.24. The molecule has 0 aliphatic heterocycles. The lowest BCUT2D eigenvalue weighted by atomic mass is 10.2. The molecule has 0 fully saturated rings. The van der Waals surface area contributed by atoms with Crippen LogP contribution >= 0.6 is 23.1 Å². The highest BCUT2D eigenvalue weighted by atomic mass is 32.2. The van der Waals surface area contributed by atoms with E-state index in [1.165, 1.54) is 33.9 Å². The summed E-state index contributed by atoms with van der Waals surface area (Å²) in [4.78, 5) is 22.9. The number of anilines is 1. The van der Waals surface area contributed by atoms with Crippen LogP contribution in [0.4, 0.5) is 9.52 Å². The lowest BCUT2D eigenvalue weighted by molar-refractivity contribution is -0.118. The van der Waals surface area contributed by atoms with Gasteiger partial charge in [-0.2, -0.15) is 0 Å². The molecule has 0 saturated heterocycles. The van der Waals surface area contributed by atoms with Crippen molar-refractivity contribution in [2.75, 3.05) is 36.8 Å². The van der Waals surface area contributed by atoms with E-state index in [0.29, 0.717) is 23.8 Å². The zero-order valence-corrected chi connectivity index (χ0v) is 19.4. The Hall–Kier alpha value is -1.96. The van der Waals surface area contributed by atoms with E-state index in [1.807, 2.05) is 0 Å². The van der Waals surface area contributed by atoms with Gasteiger partial charge in [-0.25, -0.2) is 9.37 Å². The van der Waals surface area contributed by atoms with Crippen molar-refractivity contribution in [2.24, 2.45) is 0 Å². The average molecular weight is 446 g/mol. The van der Waals surface area contributed by atoms with Crippen molar-refractivity contribution < 1.29 is 9.18 Å². The molecule has 0 aliphatic carbocycles. The minimum absolute atomic E-state index is 0.0568. The predicted octanol–water partition coefficient (Wildman–Crippen LogP) is 5.60. The molecule has 0 aliphatic rings. The maximum atomic E-state index is 13.6. The zero-order chi connectivity index (χ0) is 21.5. The molecule has 3 aromatic rings. The van der Waals surface area contributed by atoms with Crippen LogP contribution in [0, 0.1) is 12.7 Å². The Bertz CT molecular complexity index is 970. The van der Waals surface area contributed by atoms with Gasteiger partial charge < -0.3 is 4.90 Å². The molecule has 0 saturated carbocycles. The van der Waals surface area contributed by atoms with Gasteiger partial charge in [-0.05, 0) is 50.3 Å². The number of carbonyl (C=O) groups excluding carboxylic acids is 1. The third kappa shape index (κ3) is 6.03. The second-order valence-corrected chi connectivity index (χ2v) is 9.27. The van der Waals surface area contributed by atoms with Crippen LogP contribution in [0.15, 0.2) is 47.4 Å². The molecule has 0 N–H and O–H groups in total. The molecular formula is C23H28FN3OS2. The van der Waals surface area contributed by atoms with Crippen LogP contribution in [-0.2, 0) is 4.79 Å². The SMILES string of the molecule is CCN(CC)CCN(C(=O)CCSc1ccc(C)cc1)c1nc2ccc(F)cc2s1. The number of aromatic nitrogens is 1. The molecule has 0 radical (unpaired) electrons. The van der Waals surface area contributed by atoms with Gasteiger partial charge in [0.2, 0.25) is 5.91 Å². The number of thioether (sulfide) groups is 1. The summed E-state index contributed by atoms with van der Waals surface area (Å²) < 4.78 is 14.4. The van der Waals surface area contributed by atoms with E-state index in [4.69, 9.17) is 0 Å². The van der Waals surface area contributed by atoms with E-state index >= 15 is 0 Å². The van der Waals surface area contributed by atoms with Gasteiger partial charge >= 0.3 is 0 Å². The Morgan fingerprint density at radius 1 is 1.10 bits per heavy atom. The number of nitrogens with zero attached hydrogens (tertiary/aromatic N) is 3. The zero-order valence-electron chi connectivity index (χ0n) is 17.7. The van der Waals surface area contributed by atoms with Crippen molar-refractivity contribution in [1.82, 2.24) is 9.88 Å². The Labute approximate surface area is 186 Å². The maximum Gasteiger partial charge on any atom is 0.229 e. The highest BCUT2D eigenvalue weighted by Gasteiger charge is 2.20. The van der Waals surface area contributed by atoms with E-state index in [1.54, 1.807) is 22.7 Å². The number of rotatable bonds is 10. The number of thiazole rings is 1. The van der Waals surface area contributed by atoms with Gasteiger partial charge in [-0.1, -0.05) is 42.9 Å². The lowest BCUT2D eigenvalue weighted by Crippen LogP contribution is -2.39. The Morgan fingerprint density at radius 2 is 1.83 bits per heavy atom. The van der Waals surface area contributed by atoms with Crippen molar-refractivity contribution in [2.45, 2.75) is 32.1 Å². The first-order chi connectivity index (χ1) is 14.5. The summed E-state index contributed by atoms with van der Waals surface area (Å²) in [5.74, 6) is 0.484. The smallest absolute Gasteiger partial charge is 0.229 e. The average Bonchev–Trinajstić information content (AvgIpc) is 3.15. The summed E-state index contributed by atoms with van der Waals surface area (Å²) in [7, 11) is 0. The Morgan fingerprint density at radius 3 is 2.53 bits per heavy atom. The number of carbonyl (C=O) groups is 1. The number of hydrogen-bond donors (Lipinski definition) is 0. The van der Waals surface area contributed by atoms with Crippen molar-refractivity contribution in [3.8, 4) is 0 Å². The van der Waals surface area contributed by atoms with Crippen LogP contribution in [0.3, 0.4) is 0 Å². The Balaban J connectivity index is 1.71. The number of likely N-dealkylation sites (N-methyl/N-ethyl adjacent to an activating group) is 1. The number of amides is 1. The topological polar surface area (TPSA) is 36.4 Å². The largest absolute Gasteiger partial charge is 0.302 e. The van der Waals surface area contributed by atoms with Crippen molar-refractivity contribution in [3.63, 3.8) is 0 Å². The molecular weight excluding hydrogens is 417 g/mol. The van der Waals surface area contributed by atoms with E-state index < -0.39 is 0 Å². The summed E-state index contributed by atoms with van der Waals surface area (Å²) in [6.45, 7) is 9.55. The molecule has 4 nitrogen and oxygen atoms in total. The molecule has 1 amide bonds. The number of fused-ring (bicyclic) bond motifs is 1. The maximum absolute atomic E-state index is 13.6. The highest BCUT2D eigenvalue weighted by Crippen LogP contribution is 2.30. The number of aryl methyl sites for hydroxylation is 1. The molecule has 0 atom stereocenters. The first-order valence-electron chi connectivity index (χ1n) is 10.3. The van der Waals surface area contributed by atoms with Crippen molar-refractivity contribution in [1.29, 1.82) is 0 Å². The van der Waals surface area contributed by atoms with Crippen molar-refractivity contribution in [3.05, 3.63) is 53.8 Å². The first-order valence-corrected chi connectivity index (χ1v) is 12.1. The van der Waals surface area contributed by atoms with Crippen LogP contribution < -0.4 is 4.90 Å². The van der Waals surface area contributed by atoms with E-state index in [9.17, 15) is 9.18 Å². The predicted molar refractivity (Wildman–Crippen MR) is 126 cm³/mol. The minimum Gasteiger partial charge on any atom is -0.302 e. The monoisotopic (exact) mass is 445 g/mol. The second-order valence-electron chi connectivity index (χ2n) is 7.09. The fraction of sp³-hybridized carbons (Fsp3) is 0.391. The van der Waals surface area contributed by atoms with Crippen LogP contribution in [0.5, 0.6) is 0 Å². The van der Waals surface area contributed by atoms with E-state index in [0.717, 1.165) is 29.9 Å². The summed E-state index contributed by atoms with van der Waals surface area (Å²) in [5.41, 5.74) is 1.95. The molecule has 0 spiro atoms. The fourth-order valence-corrected chi connectivity index (χ4v) is 5.01. The lowest BCUT2D eigenvalue weighted by Gasteiger charge is -2.24. The van der Waals surface area contributed by atoms with Gasteiger partial charge in [0.05, 0.1) is 10.2 Å². The molecule has 3 rings (SSSR count). The number of halogens is 1. The summed E-state index contributed by atoms with van der Waals surface area (Å²) in [5, 5.41) is 0.646. The number of hydrogen-bond acceptors (Lipinski definition) is 5. The molecule has 30 heavy (non-hydrogen) atoms. The normalized spacial score (nSPS) is 11.4. The molecule has 7 heteroatoms. The number of benzene rings is 2. The summed E-state index contributed by atoms with van der Waals surface area (Å²) in [6.07, 6.45) is 0.432. The first kappa shape index (κ1) is 22.7. The third-order valence-electron chi connectivity index (χ3n) is 5.01. The van der Waals surface area contributed by atoms with Gasteiger partial charge in [-0.15, -0.1) is 11.8 Å². The van der Waals surface area contributed by atoms with Gasteiger partial charge in [0.25, 0.3) is 0 Å².